The monoisotopic (exact) mass is 344 g/mol. The molecule has 1 aromatic carbocycles. The van der Waals surface area contributed by atoms with Gasteiger partial charge in [-0.3, -0.25) is 4.79 Å². The summed E-state index contributed by atoms with van der Waals surface area (Å²) in [6.07, 6.45) is 0.574. The van der Waals surface area contributed by atoms with Gasteiger partial charge in [0, 0.05) is 27.6 Å². The Morgan fingerprint density at radius 3 is 2.65 bits per heavy atom. The second kappa shape index (κ2) is 4.48. The van der Waals surface area contributed by atoms with Crippen LogP contribution in [0.25, 0.3) is 0 Å². The van der Waals surface area contributed by atoms with E-state index in [1.807, 2.05) is 6.07 Å². The average molecular weight is 344 g/mol. The predicted molar refractivity (Wildman–Crippen MR) is 77.7 cm³/mol. The maximum atomic E-state index is 11.6. The zero-order valence-corrected chi connectivity index (χ0v) is 12.2. The number of benzene rings is 1. The molecule has 1 atom stereocenters. The standard InChI is InChI=1S/C13H17IN2O/c1-8(2)13(6-12(17)16-7-13)9-3-4-11(15)10(14)5-9/h3-5,8H,6-7,15H2,1-2H3,(H,16,17). The Morgan fingerprint density at radius 2 is 2.18 bits per heavy atom. The molecule has 0 bridgehead atoms. The lowest BCUT2D eigenvalue weighted by Gasteiger charge is -2.32. The summed E-state index contributed by atoms with van der Waals surface area (Å²) in [5.41, 5.74) is 7.77. The summed E-state index contributed by atoms with van der Waals surface area (Å²) < 4.78 is 1.06. The molecule has 4 heteroatoms. The molecule has 1 unspecified atom stereocenters. The molecule has 0 spiro atoms. The minimum atomic E-state index is -0.0787. The van der Waals surface area contributed by atoms with Crippen molar-refractivity contribution in [2.45, 2.75) is 25.7 Å². The maximum absolute atomic E-state index is 11.6. The van der Waals surface area contributed by atoms with Gasteiger partial charge in [0.25, 0.3) is 0 Å². The molecule has 1 aromatic rings. The van der Waals surface area contributed by atoms with Crippen molar-refractivity contribution >= 4 is 34.2 Å². The van der Waals surface area contributed by atoms with E-state index in [4.69, 9.17) is 5.73 Å². The highest BCUT2D eigenvalue weighted by atomic mass is 127. The van der Waals surface area contributed by atoms with Crippen LogP contribution in [0, 0.1) is 9.49 Å². The normalized spacial score (nSPS) is 24.1. The minimum absolute atomic E-state index is 0.0787. The van der Waals surface area contributed by atoms with Gasteiger partial charge in [-0.25, -0.2) is 0 Å². The Hall–Kier alpha value is -0.780. The molecular formula is C13H17IN2O. The third kappa shape index (κ3) is 2.14. The summed E-state index contributed by atoms with van der Waals surface area (Å²) in [5, 5.41) is 2.95. The molecule has 1 amide bonds. The Kier molecular flexibility index (Phi) is 3.34. The Morgan fingerprint density at radius 1 is 1.47 bits per heavy atom. The highest BCUT2D eigenvalue weighted by Gasteiger charge is 2.42. The van der Waals surface area contributed by atoms with E-state index in [-0.39, 0.29) is 11.3 Å². The van der Waals surface area contributed by atoms with Crippen molar-refractivity contribution in [1.82, 2.24) is 5.32 Å². The predicted octanol–water partition coefficient (Wildman–Crippen LogP) is 2.29. The fourth-order valence-corrected chi connectivity index (χ4v) is 2.97. The Labute approximate surface area is 115 Å². The van der Waals surface area contributed by atoms with Gasteiger partial charge in [-0.05, 0) is 46.2 Å². The first-order valence-corrected chi connectivity index (χ1v) is 6.86. The van der Waals surface area contributed by atoms with Crippen molar-refractivity contribution in [1.29, 1.82) is 0 Å². The third-order valence-corrected chi connectivity index (χ3v) is 4.69. The molecule has 0 aromatic heterocycles. The molecule has 1 aliphatic rings. The summed E-state index contributed by atoms with van der Waals surface area (Å²) in [6.45, 7) is 5.07. The molecule has 3 N–H and O–H groups in total. The Balaban J connectivity index is 2.47. The van der Waals surface area contributed by atoms with E-state index in [0.717, 1.165) is 15.8 Å². The van der Waals surface area contributed by atoms with Gasteiger partial charge in [0.1, 0.15) is 0 Å². The van der Waals surface area contributed by atoms with Crippen LogP contribution in [0.5, 0.6) is 0 Å². The van der Waals surface area contributed by atoms with E-state index in [1.54, 1.807) is 0 Å². The molecule has 1 aliphatic heterocycles. The largest absolute Gasteiger partial charge is 0.398 e. The topological polar surface area (TPSA) is 55.1 Å². The van der Waals surface area contributed by atoms with Gasteiger partial charge >= 0.3 is 0 Å². The van der Waals surface area contributed by atoms with Gasteiger partial charge in [0.15, 0.2) is 0 Å². The molecule has 3 nitrogen and oxygen atoms in total. The fourth-order valence-electron chi connectivity index (χ4n) is 2.45. The van der Waals surface area contributed by atoms with Crippen LogP contribution >= 0.6 is 22.6 Å². The lowest BCUT2D eigenvalue weighted by molar-refractivity contribution is -0.119. The van der Waals surface area contributed by atoms with Crippen LogP contribution in [0.3, 0.4) is 0 Å². The van der Waals surface area contributed by atoms with E-state index < -0.39 is 0 Å². The van der Waals surface area contributed by atoms with Crippen molar-refractivity contribution in [3.63, 3.8) is 0 Å². The van der Waals surface area contributed by atoms with Gasteiger partial charge < -0.3 is 11.1 Å². The number of hydrogen-bond donors (Lipinski definition) is 2. The third-order valence-electron chi connectivity index (χ3n) is 3.76. The SMILES string of the molecule is CC(C)C1(c2ccc(N)c(I)c2)CNC(=O)C1. The van der Waals surface area contributed by atoms with Crippen molar-refractivity contribution in [3.05, 3.63) is 27.3 Å². The molecular weight excluding hydrogens is 327 g/mol. The molecule has 92 valence electrons. The van der Waals surface area contributed by atoms with Gasteiger partial charge in [-0.1, -0.05) is 19.9 Å². The molecule has 0 aliphatic carbocycles. The zero-order chi connectivity index (χ0) is 12.6. The van der Waals surface area contributed by atoms with Crippen LogP contribution in [-0.2, 0) is 10.2 Å². The number of amides is 1. The summed E-state index contributed by atoms with van der Waals surface area (Å²) in [6, 6.07) is 6.10. The molecule has 1 saturated heterocycles. The quantitative estimate of drug-likeness (QED) is 0.639. The van der Waals surface area contributed by atoms with Crippen molar-refractivity contribution in [3.8, 4) is 0 Å². The second-order valence-electron chi connectivity index (χ2n) is 5.00. The number of carbonyl (C=O) groups is 1. The van der Waals surface area contributed by atoms with E-state index in [2.05, 4.69) is 53.9 Å². The summed E-state index contributed by atoms with van der Waals surface area (Å²) in [4.78, 5) is 11.6. The molecule has 0 saturated carbocycles. The maximum Gasteiger partial charge on any atom is 0.221 e. The van der Waals surface area contributed by atoms with E-state index in [9.17, 15) is 4.79 Å². The second-order valence-corrected chi connectivity index (χ2v) is 6.16. The van der Waals surface area contributed by atoms with Crippen molar-refractivity contribution in [2.24, 2.45) is 5.92 Å². The van der Waals surface area contributed by atoms with Crippen LogP contribution in [0.1, 0.15) is 25.8 Å². The molecule has 1 fully saturated rings. The van der Waals surface area contributed by atoms with E-state index in [0.29, 0.717) is 12.3 Å². The highest BCUT2D eigenvalue weighted by Crippen LogP contribution is 2.39. The lowest BCUT2D eigenvalue weighted by atomic mass is 9.71. The first-order chi connectivity index (χ1) is 7.95. The van der Waals surface area contributed by atoms with E-state index >= 15 is 0 Å². The minimum Gasteiger partial charge on any atom is -0.398 e. The first kappa shape index (κ1) is 12.7. The first-order valence-electron chi connectivity index (χ1n) is 5.78. The van der Waals surface area contributed by atoms with Crippen LogP contribution < -0.4 is 11.1 Å². The number of anilines is 1. The van der Waals surface area contributed by atoms with Crippen LogP contribution in [0.4, 0.5) is 5.69 Å². The zero-order valence-electron chi connectivity index (χ0n) is 10.1. The van der Waals surface area contributed by atoms with Gasteiger partial charge in [-0.15, -0.1) is 0 Å². The number of nitrogens with two attached hydrogens (primary N) is 1. The molecule has 2 rings (SSSR count). The van der Waals surface area contributed by atoms with Gasteiger partial charge in [-0.2, -0.15) is 0 Å². The number of halogens is 1. The number of hydrogen-bond acceptors (Lipinski definition) is 2. The van der Waals surface area contributed by atoms with Gasteiger partial charge in [0.05, 0.1) is 0 Å². The number of nitrogens with one attached hydrogen (secondary N) is 1. The average Bonchev–Trinajstić information content (AvgIpc) is 2.66. The van der Waals surface area contributed by atoms with Crippen molar-refractivity contribution < 1.29 is 4.79 Å². The smallest absolute Gasteiger partial charge is 0.221 e. The van der Waals surface area contributed by atoms with Crippen LogP contribution in [0.15, 0.2) is 18.2 Å². The van der Waals surface area contributed by atoms with Gasteiger partial charge in [0.2, 0.25) is 5.91 Å². The summed E-state index contributed by atoms with van der Waals surface area (Å²) in [7, 11) is 0. The number of rotatable bonds is 2. The van der Waals surface area contributed by atoms with E-state index in [1.165, 1.54) is 5.56 Å². The number of carbonyl (C=O) groups excluding carboxylic acids is 1. The van der Waals surface area contributed by atoms with Crippen molar-refractivity contribution in [2.75, 3.05) is 12.3 Å². The Bertz CT molecular complexity index is 459. The molecule has 1 heterocycles. The number of nitrogen functional groups attached to an aromatic ring is 1. The molecule has 0 radical (unpaired) electrons. The highest BCUT2D eigenvalue weighted by molar-refractivity contribution is 14.1. The summed E-state index contributed by atoms with van der Waals surface area (Å²) in [5.74, 6) is 0.561. The van der Waals surface area contributed by atoms with Crippen LogP contribution in [-0.4, -0.2) is 12.5 Å². The van der Waals surface area contributed by atoms with Crippen LogP contribution in [0.2, 0.25) is 0 Å². The lowest BCUT2D eigenvalue weighted by Crippen LogP contribution is -2.34. The fraction of sp³-hybridized carbons (Fsp3) is 0.462. The summed E-state index contributed by atoms with van der Waals surface area (Å²) >= 11 is 2.24. The molecule has 17 heavy (non-hydrogen) atoms.